The first-order valence-corrected chi connectivity index (χ1v) is 5.10. The van der Waals surface area contributed by atoms with E-state index in [1.165, 1.54) is 6.20 Å². The number of primary amides is 1. The van der Waals surface area contributed by atoms with Crippen molar-refractivity contribution in [2.24, 2.45) is 5.73 Å². The summed E-state index contributed by atoms with van der Waals surface area (Å²) in [5, 5.41) is 3.13. The molecule has 5 nitrogen and oxygen atoms in total. The molecule has 0 aliphatic heterocycles. The summed E-state index contributed by atoms with van der Waals surface area (Å²) in [5.41, 5.74) is 8.01. The van der Waals surface area contributed by atoms with E-state index in [-0.39, 0.29) is 0 Å². The number of amides is 1. The van der Waals surface area contributed by atoms with Crippen molar-refractivity contribution in [3.63, 3.8) is 0 Å². The van der Waals surface area contributed by atoms with Crippen molar-refractivity contribution >= 4 is 17.3 Å². The Morgan fingerprint density at radius 2 is 2.24 bits per heavy atom. The van der Waals surface area contributed by atoms with Crippen LogP contribution >= 0.6 is 0 Å². The SMILES string of the molecule is Cc1ncccc1Nc1cncc(C(N)=O)c1. The lowest BCUT2D eigenvalue weighted by Gasteiger charge is -2.08. The molecule has 17 heavy (non-hydrogen) atoms. The van der Waals surface area contributed by atoms with E-state index in [4.69, 9.17) is 5.73 Å². The van der Waals surface area contributed by atoms with E-state index < -0.39 is 5.91 Å². The van der Waals surface area contributed by atoms with Gasteiger partial charge in [0.25, 0.3) is 0 Å². The smallest absolute Gasteiger partial charge is 0.250 e. The van der Waals surface area contributed by atoms with Crippen LogP contribution in [0.15, 0.2) is 36.8 Å². The van der Waals surface area contributed by atoms with Crippen LogP contribution in [0.5, 0.6) is 0 Å². The van der Waals surface area contributed by atoms with Crippen LogP contribution in [0.3, 0.4) is 0 Å². The number of carbonyl (C=O) groups is 1. The number of nitrogens with zero attached hydrogens (tertiary/aromatic N) is 2. The molecule has 0 aliphatic carbocycles. The molecule has 2 aromatic heterocycles. The van der Waals surface area contributed by atoms with Crippen LogP contribution in [0.2, 0.25) is 0 Å². The Kier molecular flexibility index (Phi) is 3.00. The Balaban J connectivity index is 2.28. The number of aryl methyl sites for hydroxylation is 1. The van der Waals surface area contributed by atoms with Gasteiger partial charge in [-0.15, -0.1) is 0 Å². The summed E-state index contributed by atoms with van der Waals surface area (Å²) in [6.07, 6.45) is 4.78. The van der Waals surface area contributed by atoms with E-state index in [1.807, 2.05) is 19.1 Å². The number of pyridine rings is 2. The van der Waals surface area contributed by atoms with Crippen molar-refractivity contribution in [3.05, 3.63) is 48.0 Å². The summed E-state index contributed by atoms with van der Waals surface area (Å²) < 4.78 is 0. The number of hydrogen-bond acceptors (Lipinski definition) is 4. The van der Waals surface area contributed by atoms with Crippen LogP contribution in [0.1, 0.15) is 16.1 Å². The molecule has 2 rings (SSSR count). The molecule has 2 aromatic rings. The van der Waals surface area contributed by atoms with Crippen LogP contribution in [-0.2, 0) is 0 Å². The van der Waals surface area contributed by atoms with Crippen molar-refractivity contribution in [1.82, 2.24) is 9.97 Å². The number of rotatable bonds is 3. The van der Waals surface area contributed by atoms with Crippen LogP contribution in [0.4, 0.5) is 11.4 Å². The highest BCUT2D eigenvalue weighted by Gasteiger charge is 2.03. The van der Waals surface area contributed by atoms with Crippen LogP contribution in [-0.4, -0.2) is 15.9 Å². The van der Waals surface area contributed by atoms with E-state index >= 15 is 0 Å². The second kappa shape index (κ2) is 4.61. The van der Waals surface area contributed by atoms with E-state index in [0.717, 1.165) is 11.4 Å². The summed E-state index contributed by atoms with van der Waals surface area (Å²) >= 11 is 0. The molecule has 0 fully saturated rings. The minimum Gasteiger partial charge on any atom is -0.366 e. The third-order valence-electron chi connectivity index (χ3n) is 2.31. The molecular formula is C12H12N4O. The summed E-state index contributed by atoms with van der Waals surface area (Å²) in [5.74, 6) is -0.496. The van der Waals surface area contributed by atoms with Gasteiger partial charge in [-0.05, 0) is 25.1 Å². The first-order chi connectivity index (χ1) is 8.16. The monoisotopic (exact) mass is 228 g/mol. The molecule has 1 amide bonds. The van der Waals surface area contributed by atoms with Crippen molar-refractivity contribution in [1.29, 1.82) is 0 Å². The maximum absolute atomic E-state index is 11.0. The van der Waals surface area contributed by atoms with Gasteiger partial charge in [0.15, 0.2) is 0 Å². The largest absolute Gasteiger partial charge is 0.366 e. The number of hydrogen-bond donors (Lipinski definition) is 2. The van der Waals surface area contributed by atoms with E-state index in [1.54, 1.807) is 18.5 Å². The molecule has 0 spiro atoms. The lowest BCUT2D eigenvalue weighted by molar-refractivity contribution is 0.1000. The number of aromatic nitrogens is 2. The first kappa shape index (κ1) is 11.1. The van der Waals surface area contributed by atoms with Crippen molar-refractivity contribution in [2.75, 3.05) is 5.32 Å². The Morgan fingerprint density at radius 3 is 2.94 bits per heavy atom. The highest BCUT2D eigenvalue weighted by Crippen LogP contribution is 2.18. The lowest BCUT2D eigenvalue weighted by Crippen LogP contribution is -2.11. The zero-order chi connectivity index (χ0) is 12.3. The topological polar surface area (TPSA) is 80.9 Å². The molecule has 3 N–H and O–H groups in total. The van der Waals surface area contributed by atoms with E-state index in [9.17, 15) is 4.79 Å². The van der Waals surface area contributed by atoms with Gasteiger partial charge in [-0.1, -0.05) is 0 Å². The summed E-state index contributed by atoms with van der Waals surface area (Å²) in [4.78, 5) is 19.1. The van der Waals surface area contributed by atoms with Gasteiger partial charge in [0.1, 0.15) is 0 Å². The summed E-state index contributed by atoms with van der Waals surface area (Å²) in [6.45, 7) is 1.90. The molecule has 0 aliphatic rings. The maximum Gasteiger partial charge on any atom is 0.250 e. The molecule has 0 aromatic carbocycles. The maximum atomic E-state index is 11.0. The molecule has 86 valence electrons. The zero-order valence-corrected chi connectivity index (χ0v) is 9.34. The van der Waals surface area contributed by atoms with Gasteiger partial charge in [-0.2, -0.15) is 0 Å². The number of anilines is 2. The van der Waals surface area contributed by atoms with Gasteiger partial charge < -0.3 is 11.1 Å². The fourth-order valence-corrected chi connectivity index (χ4v) is 1.41. The van der Waals surface area contributed by atoms with E-state index in [0.29, 0.717) is 11.3 Å². The normalized spacial score (nSPS) is 9.94. The fraction of sp³-hybridized carbons (Fsp3) is 0.0833. The Labute approximate surface area is 98.7 Å². The van der Waals surface area contributed by atoms with Gasteiger partial charge in [0.05, 0.1) is 28.8 Å². The highest BCUT2D eigenvalue weighted by molar-refractivity contribution is 5.93. The summed E-state index contributed by atoms with van der Waals surface area (Å²) in [7, 11) is 0. The molecule has 5 heteroatoms. The van der Waals surface area contributed by atoms with Crippen molar-refractivity contribution < 1.29 is 4.79 Å². The van der Waals surface area contributed by atoms with Crippen molar-refractivity contribution in [2.45, 2.75) is 6.92 Å². The predicted octanol–water partition coefficient (Wildman–Crippen LogP) is 1.63. The molecule has 0 saturated heterocycles. The zero-order valence-electron chi connectivity index (χ0n) is 9.34. The minimum absolute atomic E-state index is 0.372. The molecule has 0 radical (unpaired) electrons. The highest BCUT2D eigenvalue weighted by atomic mass is 16.1. The molecule has 2 heterocycles. The minimum atomic E-state index is -0.496. The lowest BCUT2D eigenvalue weighted by atomic mass is 10.2. The Hall–Kier alpha value is -2.43. The quantitative estimate of drug-likeness (QED) is 0.836. The third-order valence-corrected chi connectivity index (χ3v) is 2.31. The van der Waals surface area contributed by atoms with Gasteiger partial charge in [0, 0.05) is 12.4 Å². The molecule has 0 atom stereocenters. The standard InChI is InChI=1S/C12H12N4O/c1-8-11(3-2-4-15-8)16-10-5-9(12(13)17)6-14-7-10/h2-7,16H,1H3,(H2,13,17). The Morgan fingerprint density at radius 1 is 1.41 bits per heavy atom. The Bertz CT molecular complexity index is 554. The summed E-state index contributed by atoms with van der Waals surface area (Å²) in [6, 6.07) is 5.39. The first-order valence-electron chi connectivity index (χ1n) is 5.10. The molecule has 0 unspecified atom stereocenters. The van der Waals surface area contributed by atoms with Crippen LogP contribution < -0.4 is 11.1 Å². The molecule has 0 bridgehead atoms. The second-order valence-corrected chi connectivity index (χ2v) is 3.59. The third kappa shape index (κ3) is 2.57. The molecule has 0 saturated carbocycles. The van der Waals surface area contributed by atoms with Gasteiger partial charge in [-0.3, -0.25) is 14.8 Å². The van der Waals surface area contributed by atoms with Crippen molar-refractivity contribution in [3.8, 4) is 0 Å². The van der Waals surface area contributed by atoms with E-state index in [2.05, 4.69) is 15.3 Å². The van der Waals surface area contributed by atoms with Gasteiger partial charge in [0.2, 0.25) is 5.91 Å². The number of nitrogens with two attached hydrogens (primary N) is 1. The second-order valence-electron chi connectivity index (χ2n) is 3.59. The number of nitrogens with one attached hydrogen (secondary N) is 1. The van der Waals surface area contributed by atoms with Crippen LogP contribution in [0, 0.1) is 6.92 Å². The predicted molar refractivity (Wildman–Crippen MR) is 65.0 cm³/mol. The van der Waals surface area contributed by atoms with Crippen LogP contribution in [0.25, 0.3) is 0 Å². The molecular weight excluding hydrogens is 216 g/mol. The number of carbonyl (C=O) groups excluding carboxylic acids is 1. The average Bonchev–Trinajstić information content (AvgIpc) is 2.32. The fourth-order valence-electron chi connectivity index (χ4n) is 1.41. The van der Waals surface area contributed by atoms with Gasteiger partial charge >= 0.3 is 0 Å². The average molecular weight is 228 g/mol. The van der Waals surface area contributed by atoms with Gasteiger partial charge in [-0.25, -0.2) is 0 Å².